The van der Waals surface area contributed by atoms with E-state index in [2.05, 4.69) is 22.0 Å². The van der Waals surface area contributed by atoms with Gasteiger partial charge in [-0.1, -0.05) is 36.3 Å². The van der Waals surface area contributed by atoms with E-state index < -0.39 is 6.43 Å². The van der Waals surface area contributed by atoms with E-state index in [-0.39, 0.29) is 23.5 Å². The van der Waals surface area contributed by atoms with Gasteiger partial charge in [0.05, 0.1) is 11.6 Å². The van der Waals surface area contributed by atoms with Gasteiger partial charge in [-0.15, -0.1) is 0 Å². The molecular weight excluding hydrogens is 458 g/mol. The lowest BCUT2D eigenvalue weighted by Crippen LogP contribution is -2.31. The van der Waals surface area contributed by atoms with Gasteiger partial charge < -0.3 is 14.7 Å². The van der Waals surface area contributed by atoms with Crippen LogP contribution in [0, 0.1) is 11.3 Å². The SMILES string of the molecule is C/C=C\C/C(=C\C)CN(C)C(=O)CCCCCN1CCCN(C2=CCC(C(F)F)=CC(C#N)=C2)CC1. The van der Waals surface area contributed by atoms with E-state index in [1.54, 1.807) is 6.08 Å². The number of likely N-dealkylation sites (N-methyl/N-ethyl adjacent to an activating group) is 1. The van der Waals surface area contributed by atoms with Crippen LogP contribution in [0.3, 0.4) is 0 Å². The fourth-order valence-electron chi connectivity index (χ4n) is 4.55. The van der Waals surface area contributed by atoms with E-state index in [4.69, 9.17) is 0 Å². The van der Waals surface area contributed by atoms with Gasteiger partial charge in [0.15, 0.2) is 0 Å². The number of alkyl halides is 2. The van der Waals surface area contributed by atoms with Gasteiger partial charge in [-0.25, -0.2) is 8.78 Å². The summed E-state index contributed by atoms with van der Waals surface area (Å²) >= 11 is 0. The Hall–Kier alpha value is -2.72. The van der Waals surface area contributed by atoms with Gasteiger partial charge in [-0.05, 0) is 71.2 Å². The summed E-state index contributed by atoms with van der Waals surface area (Å²) in [5.74, 6) is 0.200. The highest BCUT2D eigenvalue weighted by atomic mass is 19.3. The normalized spacial score (nSPS) is 17.9. The molecule has 2 aliphatic rings. The zero-order valence-electron chi connectivity index (χ0n) is 22.2. The fraction of sp³-hybridized carbons (Fsp3) is 0.586. The molecule has 0 unspecified atom stereocenters. The molecule has 1 amide bonds. The Morgan fingerprint density at radius 2 is 1.97 bits per heavy atom. The molecule has 1 fully saturated rings. The zero-order valence-corrected chi connectivity index (χ0v) is 22.2. The lowest BCUT2D eigenvalue weighted by Gasteiger charge is -2.24. The average Bonchev–Trinajstić information content (AvgIpc) is 3.24. The van der Waals surface area contributed by atoms with Gasteiger partial charge in [-0.2, -0.15) is 5.26 Å². The minimum atomic E-state index is -2.54. The molecule has 1 aliphatic carbocycles. The van der Waals surface area contributed by atoms with Crippen LogP contribution in [0.15, 0.2) is 58.9 Å². The molecule has 0 aromatic heterocycles. The van der Waals surface area contributed by atoms with Crippen LogP contribution in [0.25, 0.3) is 0 Å². The van der Waals surface area contributed by atoms with Crippen molar-refractivity contribution in [2.75, 3.05) is 46.3 Å². The van der Waals surface area contributed by atoms with Gasteiger partial charge >= 0.3 is 0 Å². The lowest BCUT2D eigenvalue weighted by atomic mass is 10.1. The van der Waals surface area contributed by atoms with Crippen molar-refractivity contribution >= 4 is 5.91 Å². The number of nitrogens with zero attached hydrogens (tertiary/aromatic N) is 4. The van der Waals surface area contributed by atoms with Crippen LogP contribution in [0.1, 0.15) is 58.8 Å². The molecule has 0 aromatic rings. The van der Waals surface area contributed by atoms with E-state index in [1.165, 1.54) is 11.6 Å². The Labute approximate surface area is 216 Å². The van der Waals surface area contributed by atoms with Crippen molar-refractivity contribution in [1.82, 2.24) is 14.7 Å². The van der Waals surface area contributed by atoms with Crippen LogP contribution in [0.4, 0.5) is 8.78 Å². The van der Waals surface area contributed by atoms with E-state index in [0.29, 0.717) is 13.0 Å². The van der Waals surface area contributed by atoms with Crippen molar-refractivity contribution in [3.05, 3.63) is 58.9 Å². The van der Waals surface area contributed by atoms with Crippen LogP contribution in [0.2, 0.25) is 0 Å². The molecule has 2 rings (SSSR count). The largest absolute Gasteiger partial charge is 0.370 e. The number of allylic oxidation sites excluding steroid dienone is 8. The minimum Gasteiger partial charge on any atom is -0.370 e. The fourth-order valence-corrected chi connectivity index (χ4v) is 4.55. The van der Waals surface area contributed by atoms with Gasteiger partial charge in [0.1, 0.15) is 0 Å². The van der Waals surface area contributed by atoms with Crippen LogP contribution in [0.5, 0.6) is 0 Å². The molecule has 7 heteroatoms. The lowest BCUT2D eigenvalue weighted by molar-refractivity contribution is -0.129. The molecule has 5 nitrogen and oxygen atoms in total. The predicted octanol–water partition coefficient (Wildman–Crippen LogP) is 5.85. The number of halogens is 2. The maximum atomic E-state index is 13.2. The molecule has 0 radical (unpaired) electrons. The number of nitriles is 1. The molecule has 0 aromatic carbocycles. The first-order chi connectivity index (χ1) is 17.4. The van der Waals surface area contributed by atoms with E-state index in [9.17, 15) is 18.8 Å². The average molecular weight is 501 g/mol. The number of hydrogen-bond acceptors (Lipinski definition) is 4. The van der Waals surface area contributed by atoms with Crippen molar-refractivity contribution in [1.29, 1.82) is 5.26 Å². The van der Waals surface area contributed by atoms with Crippen molar-refractivity contribution < 1.29 is 13.6 Å². The first kappa shape index (κ1) is 29.5. The zero-order chi connectivity index (χ0) is 26.3. The molecule has 1 aliphatic heterocycles. The molecular formula is C29H42F2N4O. The Morgan fingerprint density at radius 3 is 2.67 bits per heavy atom. The second kappa shape index (κ2) is 16.1. The first-order valence-electron chi connectivity index (χ1n) is 13.1. The summed E-state index contributed by atoms with van der Waals surface area (Å²) in [7, 11) is 1.88. The molecule has 1 heterocycles. The van der Waals surface area contributed by atoms with Crippen molar-refractivity contribution in [2.45, 2.75) is 65.2 Å². The van der Waals surface area contributed by atoms with Crippen LogP contribution >= 0.6 is 0 Å². The van der Waals surface area contributed by atoms with E-state index in [1.807, 2.05) is 44.0 Å². The Morgan fingerprint density at radius 1 is 1.17 bits per heavy atom. The smallest absolute Gasteiger partial charge is 0.260 e. The number of unbranched alkanes of at least 4 members (excludes halogenated alkanes) is 2. The topological polar surface area (TPSA) is 50.6 Å². The Balaban J connectivity index is 1.72. The Kier molecular flexibility index (Phi) is 13.2. The first-order valence-corrected chi connectivity index (χ1v) is 13.1. The highest BCUT2D eigenvalue weighted by Crippen LogP contribution is 2.24. The molecule has 0 N–H and O–H groups in total. The number of amides is 1. The van der Waals surface area contributed by atoms with E-state index in [0.717, 1.165) is 70.5 Å². The van der Waals surface area contributed by atoms with Crippen molar-refractivity contribution in [2.24, 2.45) is 0 Å². The summed E-state index contributed by atoms with van der Waals surface area (Å²) in [6.45, 7) is 9.28. The standard InChI is InChI=1S/C29H42F2N4O/c1-4-6-11-24(5-2)23-33(3)28(36)12-8-7-9-15-34-16-10-17-35(19-18-34)27-14-13-26(29(30)31)20-25(21-27)22-32/h4-6,14,20-21,29H,7-13,15-19,23H2,1-3H3/b6-4-,24-5+. The molecule has 0 spiro atoms. The maximum absolute atomic E-state index is 13.2. The summed E-state index contributed by atoms with van der Waals surface area (Å²) in [4.78, 5) is 19.0. The second-order valence-electron chi connectivity index (χ2n) is 9.53. The van der Waals surface area contributed by atoms with Crippen LogP contribution < -0.4 is 0 Å². The summed E-state index contributed by atoms with van der Waals surface area (Å²) in [5.41, 5.74) is 2.41. The maximum Gasteiger partial charge on any atom is 0.260 e. The number of carbonyl (C=O) groups is 1. The second-order valence-corrected chi connectivity index (χ2v) is 9.53. The van der Waals surface area contributed by atoms with Crippen LogP contribution in [-0.4, -0.2) is 73.3 Å². The van der Waals surface area contributed by atoms with E-state index >= 15 is 0 Å². The minimum absolute atomic E-state index is 0.00478. The monoisotopic (exact) mass is 500 g/mol. The molecule has 36 heavy (non-hydrogen) atoms. The number of hydrogen-bond donors (Lipinski definition) is 0. The van der Waals surface area contributed by atoms with Crippen LogP contribution in [-0.2, 0) is 4.79 Å². The molecule has 198 valence electrons. The third kappa shape index (κ3) is 10.1. The quantitative estimate of drug-likeness (QED) is 0.249. The Bertz CT molecular complexity index is 911. The highest BCUT2D eigenvalue weighted by Gasteiger charge is 2.19. The highest BCUT2D eigenvalue weighted by molar-refractivity contribution is 5.76. The third-order valence-electron chi connectivity index (χ3n) is 6.81. The van der Waals surface area contributed by atoms with Gasteiger partial charge in [0.25, 0.3) is 6.43 Å². The van der Waals surface area contributed by atoms with Crippen molar-refractivity contribution in [3.63, 3.8) is 0 Å². The van der Waals surface area contributed by atoms with Crippen molar-refractivity contribution in [3.8, 4) is 6.07 Å². The predicted molar refractivity (Wildman–Crippen MR) is 142 cm³/mol. The van der Waals surface area contributed by atoms with Gasteiger partial charge in [0.2, 0.25) is 5.91 Å². The summed E-state index contributed by atoms with van der Waals surface area (Å²) < 4.78 is 26.4. The third-order valence-corrected chi connectivity index (χ3v) is 6.81. The molecule has 0 bridgehead atoms. The van der Waals surface area contributed by atoms with Gasteiger partial charge in [-0.3, -0.25) is 4.79 Å². The summed E-state index contributed by atoms with van der Waals surface area (Å²) in [5, 5.41) is 9.33. The molecule has 1 saturated heterocycles. The molecule has 0 saturated carbocycles. The number of carbonyl (C=O) groups excluding carboxylic acids is 1. The molecule has 0 atom stereocenters. The summed E-state index contributed by atoms with van der Waals surface area (Å²) in [6, 6.07) is 2.04. The van der Waals surface area contributed by atoms with Gasteiger partial charge in [0, 0.05) is 50.9 Å². The summed E-state index contributed by atoms with van der Waals surface area (Å²) in [6.07, 6.45) is 14.2. The number of rotatable bonds is 12.